The van der Waals surface area contributed by atoms with Crippen molar-refractivity contribution in [2.24, 2.45) is 7.05 Å². The molecular formula is C23H16F2N2O2. The fourth-order valence-corrected chi connectivity index (χ4v) is 3.02. The van der Waals surface area contributed by atoms with Gasteiger partial charge in [0.05, 0.1) is 22.2 Å². The van der Waals surface area contributed by atoms with Crippen LogP contribution in [0, 0.1) is 11.6 Å². The molecule has 1 heterocycles. The van der Waals surface area contributed by atoms with Crippen LogP contribution in [-0.2, 0) is 11.8 Å². The number of carbonyl (C=O) groups excluding carboxylic acids is 1. The highest BCUT2D eigenvalue weighted by atomic mass is 19.1. The van der Waals surface area contributed by atoms with Crippen molar-refractivity contribution < 1.29 is 18.3 Å². The number of fused-ring (bicyclic) bond motifs is 1. The Morgan fingerprint density at radius 2 is 1.48 bits per heavy atom. The second kappa shape index (κ2) is 7.67. The SMILES string of the molecule is Cn1c(/C=C(/OC(=O)c2ccccc2F)c2ccccc2F)nc2ccccc21. The molecular weight excluding hydrogens is 374 g/mol. The van der Waals surface area contributed by atoms with Crippen molar-refractivity contribution >= 4 is 28.8 Å². The monoisotopic (exact) mass is 390 g/mol. The summed E-state index contributed by atoms with van der Waals surface area (Å²) >= 11 is 0. The smallest absolute Gasteiger partial charge is 0.346 e. The molecule has 0 bridgehead atoms. The van der Waals surface area contributed by atoms with Crippen molar-refractivity contribution in [2.75, 3.05) is 0 Å². The zero-order valence-corrected chi connectivity index (χ0v) is 15.5. The molecule has 144 valence electrons. The number of aryl methyl sites for hydroxylation is 1. The van der Waals surface area contributed by atoms with E-state index in [4.69, 9.17) is 4.74 Å². The molecule has 0 aliphatic carbocycles. The maximum atomic E-state index is 14.4. The fourth-order valence-electron chi connectivity index (χ4n) is 3.02. The standard InChI is InChI=1S/C23H16F2N2O2/c1-27-20-13-7-6-12-19(20)26-22(27)14-21(15-8-2-4-10-17(15)24)29-23(28)16-9-3-5-11-18(16)25/h2-14H,1H3/b21-14+. The van der Waals surface area contributed by atoms with Gasteiger partial charge in [-0.2, -0.15) is 0 Å². The van der Waals surface area contributed by atoms with Crippen LogP contribution in [0.3, 0.4) is 0 Å². The van der Waals surface area contributed by atoms with Gasteiger partial charge in [0.15, 0.2) is 0 Å². The fraction of sp³-hybridized carbons (Fsp3) is 0.0435. The summed E-state index contributed by atoms with van der Waals surface area (Å²) in [6, 6.07) is 18.9. The quantitative estimate of drug-likeness (QED) is 0.355. The van der Waals surface area contributed by atoms with E-state index in [0.29, 0.717) is 5.82 Å². The molecule has 4 nitrogen and oxygen atoms in total. The average Bonchev–Trinajstić information content (AvgIpc) is 3.04. The molecule has 0 saturated heterocycles. The predicted octanol–water partition coefficient (Wildman–Crippen LogP) is 5.21. The van der Waals surface area contributed by atoms with Gasteiger partial charge in [-0.3, -0.25) is 0 Å². The van der Waals surface area contributed by atoms with Gasteiger partial charge in [0.25, 0.3) is 0 Å². The molecule has 0 unspecified atom stereocenters. The Kier molecular flexibility index (Phi) is 4.91. The van der Waals surface area contributed by atoms with Gasteiger partial charge in [0.1, 0.15) is 23.2 Å². The molecule has 0 radical (unpaired) electrons. The van der Waals surface area contributed by atoms with Crippen LogP contribution in [-0.4, -0.2) is 15.5 Å². The molecule has 0 N–H and O–H groups in total. The second-order valence-electron chi connectivity index (χ2n) is 6.38. The normalized spacial score (nSPS) is 11.6. The summed E-state index contributed by atoms with van der Waals surface area (Å²) < 4.78 is 35.7. The Morgan fingerprint density at radius 3 is 2.14 bits per heavy atom. The first kappa shape index (κ1) is 18.6. The van der Waals surface area contributed by atoms with E-state index in [1.54, 1.807) is 17.7 Å². The van der Waals surface area contributed by atoms with Crippen LogP contribution in [0.4, 0.5) is 8.78 Å². The summed E-state index contributed by atoms with van der Waals surface area (Å²) in [6.07, 6.45) is 1.47. The lowest BCUT2D eigenvalue weighted by Crippen LogP contribution is -2.08. The van der Waals surface area contributed by atoms with Gasteiger partial charge < -0.3 is 9.30 Å². The summed E-state index contributed by atoms with van der Waals surface area (Å²) in [4.78, 5) is 17.1. The molecule has 4 rings (SSSR count). The second-order valence-corrected chi connectivity index (χ2v) is 6.38. The third kappa shape index (κ3) is 3.65. The molecule has 0 spiro atoms. The van der Waals surface area contributed by atoms with E-state index < -0.39 is 17.6 Å². The molecule has 4 aromatic rings. The molecule has 0 aliphatic rings. The Bertz CT molecular complexity index is 1240. The van der Waals surface area contributed by atoms with E-state index >= 15 is 0 Å². The molecule has 0 atom stereocenters. The maximum Gasteiger partial charge on any atom is 0.346 e. The Hall–Kier alpha value is -3.80. The van der Waals surface area contributed by atoms with Crippen molar-refractivity contribution in [1.82, 2.24) is 9.55 Å². The Labute approximate surface area is 165 Å². The topological polar surface area (TPSA) is 44.1 Å². The highest BCUT2D eigenvalue weighted by Crippen LogP contribution is 2.25. The lowest BCUT2D eigenvalue weighted by atomic mass is 10.1. The van der Waals surface area contributed by atoms with Gasteiger partial charge in [-0.05, 0) is 36.4 Å². The van der Waals surface area contributed by atoms with Crippen molar-refractivity contribution in [1.29, 1.82) is 0 Å². The van der Waals surface area contributed by atoms with Crippen LogP contribution in [0.5, 0.6) is 0 Å². The number of benzene rings is 3. The minimum Gasteiger partial charge on any atom is -0.422 e. The van der Waals surface area contributed by atoms with Gasteiger partial charge in [0.2, 0.25) is 0 Å². The molecule has 3 aromatic carbocycles. The number of halogens is 2. The number of para-hydroxylation sites is 2. The average molecular weight is 390 g/mol. The summed E-state index contributed by atoms with van der Waals surface area (Å²) in [7, 11) is 1.80. The number of hydrogen-bond acceptors (Lipinski definition) is 3. The van der Waals surface area contributed by atoms with Gasteiger partial charge in [-0.15, -0.1) is 0 Å². The van der Waals surface area contributed by atoms with Gasteiger partial charge in [-0.25, -0.2) is 18.6 Å². The van der Waals surface area contributed by atoms with Gasteiger partial charge in [0, 0.05) is 13.1 Å². The predicted molar refractivity (Wildman–Crippen MR) is 107 cm³/mol. The third-order valence-corrected chi connectivity index (χ3v) is 4.52. The van der Waals surface area contributed by atoms with Crippen molar-refractivity contribution in [3.63, 3.8) is 0 Å². The van der Waals surface area contributed by atoms with Crippen LogP contribution in [0.2, 0.25) is 0 Å². The minimum absolute atomic E-state index is 0.0604. The highest BCUT2D eigenvalue weighted by Gasteiger charge is 2.19. The lowest BCUT2D eigenvalue weighted by molar-refractivity contribution is 0.0688. The van der Waals surface area contributed by atoms with Crippen molar-refractivity contribution in [3.8, 4) is 0 Å². The molecule has 1 aromatic heterocycles. The van der Waals surface area contributed by atoms with E-state index in [1.807, 2.05) is 24.3 Å². The number of nitrogens with zero attached hydrogens (tertiary/aromatic N) is 2. The van der Waals surface area contributed by atoms with E-state index in [0.717, 1.165) is 17.1 Å². The van der Waals surface area contributed by atoms with E-state index in [1.165, 1.54) is 42.5 Å². The van der Waals surface area contributed by atoms with Crippen molar-refractivity contribution in [2.45, 2.75) is 0 Å². The van der Waals surface area contributed by atoms with E-state index in [2.05, 4.69) is 4.98 Å². The number of ether oxygens (including phenoxy) is 1. The summed E-state index contributed by atoms with van der Waals surface area (Å²) in [5.74, 6) is -1.80. The number of aromatic nitrogens is 2. The van der Waals surface area contributed by atoms with Crippen LogP contribution in [0.1, 0.15) is 21.7 Å². The molecule has 0 saturated carbocycles. The largest absolute Gasteiger partial charge is 0.422 e. The summed E-state index contributed by atoms with van der Waals surface area (Å²) in [5, 5.41) is 0. The van der Waals surface area contributed by atoms with E-state index in [9.17, 15) is 13.6 Å². The highest BCUT2D eigenvalue weighted by molar-refractivity contribution is 5.95. The first-order chi connectivity index (χ1) is 14.0. The number of hydrogen-bond donors (Lipinski definition) is 0. The number of carbonyl (C=O) groups is 1. The third-order valence-electron chi connectivity index (χ3n) is 4.52. The molecule has 0 aliphatic heterocycles. The van der Waals surface area contributed by atoms with Crippen LogP contribution >= 0.6 is 0 Å². The lowest BCUT2D eigenvalue weighted by Gasteiger charge is -2.11. The van der Waals surface area contributed by atoms with Gasteiger partial charge in [-0.1, -0.05) is 36.4 Å². The van der Waals surface area contributed by atoms with Crippen LogP contribution < -0.4 is 0 Å². The van der Waals surface area contributed by atoms with Crippen molar-refractivity contribution in [3.05, 3.63) is 101 Å². The number of rotatable bonds is 4. The Morgan fingerprint density at radius 1 is 0.897 bits per heavy atom. The first-order valence-electron chi connectivity index (χ1n) is 8.89. The Balaban J connectivity index is 1.81. The first-order valence-corrected chi connectivity index (χ1v) is 8.89. The molecule has 29 heavy (non-hydrogen) atoms. The molecule has 6 heteroatoms. The summed E-state index contributed by atoms with van der Waals surface area (Å²) in [5.41, 5.74) is 1.45. The zero-order chi connectivity index (χ0) is 20.4. The van der Waals surface area contributed by atoms with Crippen LogP contribution in [0.15, 0.2) is 72.8 Å². The summed E-state index contributed by atoms with van der Waals surface area (Å²) in [6.45, 7) is 0. The molecule has 0 fully saturated rings. The van der Waals surface area contributed by atoms with Crippen LogP contribution in [0.25, 0.3) is 22.9 Å². The number of esters is 1. The maximum absolute atomic E-state index is 14.4. The zero-order valence-electron chi connectivity index (χ0n) is 15.5. The minimum atomic E-state index is -0.920. The number of imidazole rings is 1. The van der Waals surface area contributed by atoms with Gasteiger partial charge >= 0.3 is 5.97 Å². The van der Waals surface area contributed by atoms with E-state index in [-0.39, 0.29) is 16.9 Å². The molecule has 0 amide bonds.